The summed E-state index contributed by atoms with van der Waals surface area (Å²) in [5.74, 6) is -1.24. The van der Waals surface area contributed by atoms with Crippen LogP contribution in [0.3, 0.4) is 0 Å². The van der Waals surface area contributed by atoms with Crippen molar-refractivity contribution in [3.05, 3.63) is 35.9 Å². The lowest BCUT2D eigenvalue weighted by Crippen LogP contribution is -2.40. The van der Waals surface area contributed by atoms with Crippen molar-refractivity contribution in [2.75, 3.05) is 27.2 Å². The van der Waals surface area contributed by atoms with Crippen molar-refractivity contribution >= 4 is 11.9 Å². The predicted molar refractivity (Wildman–Crippen MR) is 77.6 cm³/mol. The number of benzene rings is 1. The van der Waals surface area contributed by atoms with E-state index in [4.69, 9.17) is 0 Å². The minimum absolute atomic E-state index is 0.0697. The van der Waals surface area contributed by atoms with Gasteiger partial charge in [0.1, 0.15) is 0 Å². The smallest absolute Gasteiger partial charge is 0.314 e. The molecular weight excluding hydrogens is 256 g/mol. The Morgan fingerprint density at radius 1 is 1.25 bits per heavy atom. The zero-order chi connectivity index (χ0) is 15.2. The Bertz CT molecular complexity index is 459. The fourth-order valence-corrected chi connectivity index (χ4v) is 1.91. The van der Waals surface area contributed by atoms with E-state index in [1.54, 1.807) is 31.2 Å². The number of nitrogens with zero attached hydrogens (tertiary/aromatic N) is 1. The predicted octanol–water partition coefficient (Wildman–Crippen LogP) is 1.10. The molecule has 1 aromatic carbocycles. The molecule has 1 atom stereocenters. The second-order valence-electron chi connectivity index (χ2n) is 5.33. The van der Waals surface area contributed by atoms with Crippen LogP contribution < -0.4 is 5.32 Å². The Balaban J connectivity index is 2.73. The Labute approximate surface area is 119 Å². The van der Waals surface area contributed by atoms with Gasteiger partial charge in [-0.2, -0.15) is 0 Å². The number of likely N-dealkylation sites (N-methyl/N-ethyl adjacent to an activating group) is 1. The third-order valence-corrected chi connectivity index (χ3v) is 3.28. The SMILES string of the molecule is CN(C)CCNC(=O)CC(C)(C(=O)O)c1ccccc1. The van der Waals surface area contributed by atoms with E-state index in [1.807, 2.05) is 25.1 Å². The third-order valence-electron chi connectivity index (χ3n) is 3.28. The molecule has 0 heterocycles. The zero-order valence-corrected chi connectivity index (χ0v) is 12.2. The quantitative estimate of drug-likeness (QED) is 0.783. The number of hydrogen-bond acceptors (Lipinski definition) is 3. The number of rotatable bonds is 7. The van der Waals surface area contributed by atoms with Crippen molar-refractivity contribution in [2.24, 2.45) is 0 Å². The third kappa shape index (κ3) is 4.35. The minimum atomic E-state index is -1.20. The first-order chi connectivity index (χ1) is 9.36. The van der Waals surface area contributed by atoms with Gasteiger partial charge < -0.3 is 15.3 Å². The number of amides is 1. The lowest BCUT2D eigenvalue weighted by molar-refractivity contribution is -0.145. The maximum Gasteiger partial charge on any atom is 0.314 e. The van der Waals surface area contributed by atoms with Crippen molar-refractivity contribution in [1.82, 2.24) is 10.2 Å². The number of nitrogens with one attached hydrogen (secondary N) is 1. The van der Waals surface area contributed by atoms with Crippen LogP contribution in [-0.4, -0.2) is 49.1 Å². The fraction of sp³-hybridized carbons (Fsp3) is 0.467. The first-order valence-corrected chi connectivity index (χ1v) is 6.56. The summed E-state index contributed by atoms with van der Waals surface area (Å²) in [5.41, 5.74) is -0.570. The standard InChI is InChI=1S/C15H22N2O3/c1-15(14(19)20,12-7-5-4-6-8-12)11-13(18)16-9-10-17(2)3/h4-8H,9-11H2,1-3H3,(H,16,18)(H,19,20). The fourth-order valence-electron chi connectivity index (χ4n) is 1.91. The molecule has 0 aliphatic rings. The second-order valence-corrected chi connectivity index (χ2v) is 5.33. The van der Waals surface area contributed by atoms with Gasteiger partial charge in [-0.25, -0.2) is 0 Å². The summed E-state index contributed by atoms with van der Waals surface area (Å²) >= 11 is 0. The highest BCUT2D eigenvalue weighted by Gasteiger charge is 2.37. The van der Waals surface area contributed by atoms with E-state index < -0.39 is 11.4 Å². The van der Waals surface area contributed by atoms with Crippen LogP contribution in [0, 0.1) is 0 Å². The van der Waals surface area contributed by atoms with Crippen LogP contribution in [0.5, 0.6) is 0 Å². The highest BCUT2D eigenvalue weighted by molar-refractivity contribution is 5.89. The van der Waals surface area contributed by atoms with E-state index in [1.165, 1.54) is 0 Å². The molecule has 20 heavy (non-hydrogen) atoms. The van der Waals surface area contributed by atoms with Gasteiger partial charge in [-0.05, 0) is 26.6 Å². The number of carbonyl (C=O) groups excluding carboxylic acids is 1. The van der Waals surface area contributed by atoms with E-state index in [9.17, 15) is 14.7 Å². The molecule has 0 saturated heterocycles. The Morgan fingerprint density at radius 2 is 1.85 bits per heavy atom. The summed E-state index contributed by atoms with van der Waals surface area (Å²) < 4.78 is 0. The van der Waals surface area contributed by atoms with Gasteiger partial charge in [-0.3, -0.25) is 9.59 Å². The summed E-state index contributed by atoms with van der Waals surface area (Å²) in [7, 11) is 3.83. The van der Waals surface area contributed by atoms with Gasteiger partial charge in [0.15, 0.2) is 0 Å². The van der Waals surface area contributed by atoms with Crippen molar-refractivity contribution in [3.8, 4) is 0 Å². The molecule has 5 nitrogen and oxygen atoms in total. The number of hydrogen-bond donors (Lipinski definition) is 2. The van der Waals surface area contributed by atoms with Crippen molar-refractivity contribution in [2.45, 2.75) is 18.8 Å². The maximum absolute atomic E-state index is 11.9. The lowest BCUT2D eigenvalue weighted by Gasteiger charge is -2.25. The Kier molecular flexibility index (Phi) is 5.70. The number of aliphatic carboxylic acids is 1. The summed E-state index contributed by atoms with van der Waals surface area (Å²) in [6.07, 6.45) is -0.0697. The molecule has 5 heteroatoms. The van der Waals surface area contributed by atoms with Crippen molar-refractivity contribution in [1.29, 1.82) is 0 Å². The Morgan fingerprint density at radius 3 is 2.35 bits per heavy atom. The molecule has 0 bridgehead atoms. The van der Waals surface area contributed by atoms with Crippen LogP contribution in [0.2, 0.25) is 0 Å². The van der Waals surface area contributed by atoms with Crippen molar-refractivity contribution < 1.29 is 14.7 Å². The van der Waals surface area contributed by atoms with Gasteiger partial charge in [0.25, 0.3) is 0 Å². The number of carbonyl (C=O) groups is 2. The van der Waals surface area contributed by atoms with Gasteiger partial charge in [0, 0.05) is 19.5 Å². The summed E-state index contributed by atoms with van der Waals surface area (Å²) in [5, 5.41) is 12.2. The van der Waals surface area contributed by atoms with Gasteiger partial charge >= 0.3 is 5.97 Å². The topological polar surface area (TPSA) is 69.6 Å². The van der Waals surface area contributed by atoms with Crippen molar-refractivity contribution in [3.63, 3.8) is 0 Å². The van der Waals surface area contributed by atoms with Gasteiger partial charge in [0.2, 0.25) is 5.91 Å². The summed E-state index contributed by atoms with van der Waals surface area (Å²) in [6, 6.07) is 8.85. The van der Waals surface area contributed by atoms with E-state index in [0.717, 1.165) is 6.54 Å². The van der Waals surface area contributed by atoms with E-state index in [-0.39, 0.29) is 12.3 Å². The average molecular weight is 278 g/mol. The second kappa shape index (κ2) is 7.05. The van der Waals surface area contributed by atoms with Gasteiger partial charge in [0.05, 0.1) is 5.41 Å². The monoisotopic (exact) mass is 278 g/mol. The largest absolute Gasteiger partial charge is 0.481 e. The van der Waals surface area contributed by atoms with Crippen LogP contribution in [-0.2, 0) is 15.0 Å². The van der Waals surface area contributed by atoms with Crippen LogP contribution in [0.25, 0.3) is 0 Å². The number of carboxylic acids is 1. The molecule has 1 amide bonds. The molecule has 1 rings (SSSR count). The molecule has 0 aromatic heterocycles. The van der Waals surface area contributed by atoms with E-state index >= 15 is 0 Å². The minimum Gasteiger partial charge on any atom is -0.481 e. The highest BCUT2D eigenvalue weighted by atomic mass is 16.4. The van der Waals surface area contributed by atoms with Gasteiger partial charge in [-0.1, -0.05) is 30.3 Å². The highest BCUT2D eigenvalue weighted by Crippen LogP contribution is 2.27. The summed E-state index contributed by atoms with van der Waals surface area (Å²) in [6.45, 7) is 2.81. The first kappa shape index (κ1) is 16.2. The van der Waals surface area contributed by atoms with Crippen LogP contribution in [0.4, 0.5) is 0 Å². The Hall–Kier alpha value is -1.88. The average Bonchev–Trinajstić information content (AvgIpc) is 2.38. The molecule has 0 radical (unpaired) electrons. The number of carboxylic acid groups (broad SMARTS) is 1. The zero-order valence-electron chi connectivity index (χ0n) is 12.2. The molecule has 110 valence electrons. The van der Waals surface area contributed by atoms with Gasteiger partial charge in [-0.15, -0.1) is 0 Å². The lowest BCUT2D eigenvalue weighted by atomic mass is 9.79. The molecule has 0 aliphatic heterocycles. The van der Waals surface area contributed by atoms with Crippen LogP contribution in [0.15, 0.2) is 30.3 Å². The van der Waals surface area contributed by atoms with Crippen LogP contribution >= 0.6 is 0 Å². The molecule has 0 aliphatic carbocycles. The molecule has 0 spiro atoms. The van der Waals surface area contributed by atoms with E-state index in [2.05, 4.69) is 5.32 Å². The molecule has 0 saturated carbocycles. The molecule has 0 fully saturated rings. The molecule has 2 N–H and O–H groups in total. The summed E-state index contributed by atoms with van der Waals surface area (Å²) in [4.78, 5) is 25.4. The first-order valence-electron chi connectivity index (χ1n) is 6.56. The molecular formula is C15H22N2O3. The maximum atomic E-state index is 11.9. The molecule has 1 unspecified atom stereocenters. The van der Waals surface area contributed by atoms with Crippen LogP contribution in [0.1, 0.15) is 18.9 Å². The van der Waals surface area contributed by atoms with E-state index in [0.29, 0.717) is 12.1 Å². The molecule has 1 aromatic rings. The normalized spacial score (nSPS) is 13.8.